The molecule has 1 aliphatic rings. The highest BCUT2D eigenvalue weighted by Gasteiger charge is 2.04. The molecule has 0 atom stereocenters. The van der Waals surface area contributed by atoms with Crippen LogP contribution in [0, 0.1) is 3.57 Å². The Morgan fingerprint density at radius 2 is 2.29 bits per heavy atom. The van der Waals surface area contributed by atoms with E-state index in [2.05, 4.69) is 44.3 Å². The average molecular weight is 478 g/mol. The quantitative estimate of drug-likeness (QED) is 0.643. The summed E-state index contributed by atoms with van der Waals surface area (Å²) >= 11 is 8.28. The summed E-state index contributed by atoms with van der Waals surface area (Å²) in [6, 6.07) is 6.08. The summed E-state index contributed by atoms with van der Waals surface area (Å²) in [6.07, 6.45) is 1.11. The van der Waals surface area contributed by atoms with Crippen LogP contribution in [-0.2, 0) is 6.54 Å². The zero-order valence-electron chi connectivity index (χ0n) is 9.17. The van der Waals surface area contributed by atoms with E-state index in [0.29, 0.717) is 0 Å². The molecule has 0 radical (unpaired) electrons. The number of aliphatic imine (C=N–C) groups is 1. The second kappa shape index (κ2) is 7.63. The van der Waals surface area contributed by atoms with Gasteiger partial charge in [0.05, 0.1) is 5.02 Å². The smallest absolute Gasteiger partial charge is 0.191 e. The molecule has 0 saturated heterocycles. The maximum Gasteiger partial charge on any atom is 0.191 e. The van der Waals surface area contributed by atoms with Crippen LogP contribution in [-0.4, -0.2) is 19.0 Å². The van der Waals surface area contributed by atoms with Crippen molar-refractivity contribution in [1.29, 1.82) is 0 Å². The van der Waals surface area contributed by atoms with Crippen LogP contribution in [0.3, 0.4) is 0 Å². The standard InChI is InChI=1S/C11H13ClIN3.HI/c12-9-6-8(2-3-10(9)13)7-16-11-14-4-1-5-15-11;/h2-3,6H,1,4-5,7H2,(H2,14,15,16);1H. The molecule has 1 aromatic carbocycles. The molecule has 0 bridgehead atoms. The topological polar surface area (TPSA) is 36.4 Å². The van der Waals surface area contributed by atoms with Crippen LogP contribution < -0.4 is 10.6 Å². The largest absolute Gasteiger partial charge is 0.356 e. The van der Waals surface area contributed by atoms with Gasteiger partial charge in [-0.15, -0.1) is 24.0 Å². The predicted molar refractivity (Wildman–Crippen MR) is 91.3 cm³/mol. The van der Waals surface area contributed by atoms with Crippen LogP contribution >= 0.6 is 58.2 Å². The highest BCUT2D eigenvalue weighted by Crippen LogP contribution is 2.19. The number of halogens is 3. The lowest BCUT2D eigenvalue weighted by atomic mass is 10.2. The van der Waals surface area contributed by atoms with Gasteiger partial charge in [0.1, 0.15) is 0 Å². The van der Waals surface area contributed by atoms with Crippen LogP contribution in [0.25, 0.3) is 0 Å². The number of nitrogens with zero attached hydrogens (tertiary/aromatic N) is 1. The predicted octanol–water partition coefficient (Wildman–Crippen LogP) is 3.00. The Morgan fingerprint density at radius 1 is 1.47 bits per heavy atom. The lowest BCUT2D eigenvalue weighted by Gasteiger charge is -2.16. The van der Waals surface area contributed by atoms with Crippen LogP contribution in [0.1, 0.15) is 12.0 Å². The van der Waals surface area contributed by atoms with E-state index in [4.69, 9.17) is 11.6 Å². The molecular weight excluding hydrogens is 463 g/mol. The Balaban J connectivity index is 0.00000144. The minimum atomic E-state index is 0. The molecule has 1 heterocycles. The van der Waals surface area contributed by atoms with E-state index >= 15 is 0 Å². The van der Waals surface area contributed by atoms with Crippen LogP contribution in [0.5, 0.6) is 0 Å². The van der Waals surface area contributed by atoms with Gasteiger partial charge in [0.2, 0.25) is 0 Å². The van der Waals surface area contributed by atoms with Crippen LogP contribution in [0.15, 0.2) is 23.2 Å². The van der Waals surface area contributed by atoms with Crippen molar-refractivity contribution < 1.29 is 0 Å². The molecule has 2 N–H and O–H groups in total. The van der Waals surface area contributed by atoms with Crippen LogP contribution in [0.4, 0.5) is 0 Å². The van der Waals surface area contributed by atoms with Crippen molar-refractivity contribution in [3.05, 3.63) is 32.4 Å². The van der Waals surface area contributed by atoms with Gasteiger partial charge in [-0.1, -0.05) is 17.7 Å². The van der Waals surface area contributed by atoms with E-state index in [1.807, 2.05) is 12.1 Å². The van der Waals surface area contributed by atoms with Gasteiger partial charge in [0.15, 0.2) is 5.96 Å². The fraction of sp³-hybridized carbons (Fsp3) is 0.364. The lowest BCUT2D eigenvalue weighted by Crippen LogP contribution is -2.40. The van der Waals surface area contributed by atoms with Gasteiger partial charge in [-0.05, 0) is 46.7 Å². The third-order valence-corrected chi connectivity index (χ3v) is 3.91. The van der Waals surface area contributed by atoms with Gasteiger partial charge in [0.25, 0.3) is 0 Å². The molecule has 0 amide bonds. The molecule has 94 valence electrons. The SMILES string of the molecule is Clc1cc(CNC2=NCCCN2)ccc1I.I. The van der Waals surface area contributed by atoms with E-state index in [-0.39, 0.29) is 24.0 Å². The van der Waals surface area contributed by atoms with Crippen LogP contribution in [0.2, 0.25) is 5.02 Å². The summed E-state index contributed by atoms with van der Waals surface area (Å²) in [7, 11) is 0. The van der Waals surface area contributed by atoms with E-state index in [9.17, 15) is 0 Å². The summed E-state index contributed by atoms with van der Waals surface area (Å²) in [6.45, 7) is 2.66. The summed E-state index contributed by atoms with van der Waals surface area (Å²) in [5.74, 6) is 0.890. The Morgan fingerprint density at radius 3 is 2.94 bits per heavy atom. The van der Waals surface area contributed by atoms with E-state index in [1.54, 1.807) is 0 Å². The summed E-state index contributed by atoms with van der Waals surface area (Å²) in [5.41, 5.74) is 1.17. The average Bonchev–Trinajstić information content (AvgIpc) is 2.32. The number of rotatable bonds is 2. The molecule has 0 fully saturated rings. The van der Waals surface area contributed by atoms with Gasteiger partial charge >= 0.3 is 0 Å². The number of benzene rings is 1. The van der Waals surface area contributed by atoms with Gasteiger partial charge < -0.3 is 10.6 Å². The van der Waals surface area contributed by atoms with Crippen molar-refractivity contribution in [3.8, 4) is 0 Å². The van der Waals surface area contributed by atoms with Gasteiger partial charge in [-0.25, -0.2) is 0 Å². The number of hydrogen-bond donors (Lipinski definition) is 2. The third-order valence-electron chi connectivity index (χ3n) is 2.34. The van der Waals surface area contributed by atoms with Crippen molar-refractivity contribution in [2.24, 2.45) is 4.99 Å². The van der Waals surface area contributed by atoms with Crippen molar-refractivity contribution in [2.75, 3.05) is 13.1 Å². The normalized spacial score (nSPS) is 14.4. The van der Waals surface area contributed by atoms with Gasteiger partial charge in [-0.3, -0.25) is 4.99 Å². The summed E-state index contributed by atoms with van der Waals surface area (Å²) in [5, 5.41) is 7.29. The number of hydrogen-bond acceptors (Lipinski definition) is 3. The zero-order valence-corrected chi connectivity index (χ0v) is 14.4. The molecule has 17 heavy (non-hydrogen) atoms. The molecule has 0 unspecified atom stereocenters. The fourth-order valence-electron chi connectivity index (χ4n) is 1.49. The minimum Gasteiger partial charge on any atom is -0.356 e. The number of guanidine groups is 1. The highest BCUT2D eigenvalue weighted by atomic mass is 127. The van der Waals surface area contributed by atoms with Crippen molar-refractivity contribution in [1.82, 2.24) is 10.6 Å². The Hall–Kier alpha value is 0.240. The lowest BCUT2D eigenvalue weighted by molar-refractivity contribution is 0.702. The maximum atomic E-state index is 6.05. The highest BCUT2D eigenvalue weighted by molar-refractivity contribution is 14.1. The minimum absolute atomic E-state index is 0. The van der Waals surface area contributed by atoms with Gasteiger partial charge in [-0.2, -0.15) is 0 Å². The second-order valence-electron chi connectivity index (χ2n) is 3.61. The molecule has 0 aliphatic carbocycles. The fourth-order valence-corrected chi connectivity index (χ4v) is 2.03. The summed E-state index contributed by atoms with van der Waals surface area (Å²) < 4.78 is 1.08. The monoisotopic (exact) mass is 477 g/mol. The van der Waals surface area contributed by atoms with E-state index in [0.717, 1.165) is 40.6 Å². The number of nitrogens with one attached hydrogen (secondary N) is 2. The zero-order chi connectivity index (χ0) is 11.4. The molecule has 1 aliphatic heterocycles. The first-order valence-electron chi connectivity index (χ1n) is 5.22. The summed E-state index contributed by atoms with van der Waals surface area (Å²) in [4.78, 5) is 4.34. The second-order valence-corrected chi connectivity index (χ2v) is 5.18. The van der Waals surface area contributed by atoms with Crippen molar-refractivity contribution in [2.45, 2.75) is 13.0 Å². The molecule has 6 heteroatoms. The molecule has 0 aromatic heterocycles. The molecule has 0 spiro atoms. The van der Waals surface area contributed by atoms with E-state index in [1.165, 1.54) is 5.56 Å². The Bertz CT molecular complexity index is 410. The molecule has 0 saturated carbocycles. The molecule has 1 aromatic rings. The molecular formula is C11H14ClI2N3. The first kappa shape index (κ1) is 15.3. The Kier molecular flexibility index (Phi) is 6.86. The first-order chi connectivity index (χ1) is 7.75. The first-order valence-corrected chi connectivity index (χ1v) is 6.67. The third kappa shape index (κ3) is 4.78. The van der Waals surface area contributed by atoms with Crippen molar-refractivity contribution >= 4 is 64.1 Å². The molecule has 3 nitrogen and oxygen atoms in total. The maximum absolute atomic E-state index is 6.05. The molecule has 2 rings (SSSR count). The van der Waals surface area contributed by atoms with Crippen molar-refractivity contribution in [3.63, 3.8) is 0 Å². The van der Waals surface area contributed by atoms with Gasteiger partial charge in [0, 0.05) is 23.2 Å². The Labute approximate surface area is 137 Å². The van der Waals surface area contributed by atoms with E-state index < -0.39 is 0 Å².